The van der Waals surface area contributed by atoms with Crippen molar-refractivity contribution in [2.75, 3.05) is 11.1 Å². The summed E-state index contributed by atoms with van der Waals surface area (Å²) >= 11 is 7.68. The summed E-state index contributed by atoms with van der Waals surface area (Å²) in [6.07, 6.45) is 3.78. The number of rotatable bonds is 6. The Balaban J connectivity index is 1.58. The molecule has 0 saturated carbocycles. The van der Waals surface area contributed by atoms with Gasteiger partial charge in [-0.25, -0.2) is 4.68 Å². The third-order valence-corrected chi connectivity index (χ3v) is 5.43. The number of nitrogens with one attached hydrogen (secondary N) is 1. The van der Waals surface area contributed by atoms with E-state index in [1.165, 1.54) is 11.8 Å². The lowest BCUT2D eigenvalue weighted by atomic mass is 10.2. The number of hydrogen-bond acceptors (Lipinski definition) is 4. The van der Waals surface area contributed by atoms with Crippen LogP contribution in [0.5, 0.6) is 0 Å². The first-order valence-electron chi connectivity index (χ1n) is 8.95. The van der Waals surface area contributed by atoms with E-state index in [1.807, 2.05) is 89.3 Å². The highest BCUT2D eigenvalue weighted by Crippen LogP contribution is 2.29. The molecule has 4 rings (SSSR count). The number of thioether (sulfide) groups is 1. The number of carbonyl (C=O) groups excluding carboxylic acids is 1. The highest BCUT2D eigenvalue weighted by Gasteiger charge is 2.18. The average Bonchev–Trinajstić information content (AvgIpc) is 3.36. The number of halogens is 1. The second-order valence-corrected chi connectivity index (χ2v) is 7.72. The molecule has 146 valence electrons. The van der Waals surface area contributed by atoms with Crippen LogP contribution in [-0.2, 0) is 4.79 Å². The Morgan fingerprint density at radius 2 is 1.86 bits per heavy atom. The normalized spacial score (nSPS) is 10.8. The fraction of sp³-hybridized carbons (Fsp3) is 0.0952. The molecule has 0 spiro atoms. The van der Waals surface area contributed by atoms with Gasteiger partial charge in [0.1, 0.15) is 0 Å². The van der Waals surface area contributed by atoms with Crippen LogP contribution in [0.1, 0.15) is 5.56 Å². The van der Waals surface area contributed by atoms with Gasteiger partial charge in [-0.15, -0.1) is 10.2 Å². The molecule has 0 fully saturated rings. The zero-order valence-electron chi connectivity index (χ0n) is 15.6. The van der Waals surface area contributed by atoms with E-state index in [1.54, 1.807) is 0 Å². The number of anilines is 1. The molecule has 0 aliphatic heterocycles. The number of nitrogens with zero attached hydrogens (tertiary/aromatic N) is 4. The smallest absolute Gasteiger partial charge is 0.234 e. The molecule has 0 saturated heterocycles. The lowest BCUT2D eigenvalue weighted by Crippen LogP contribution is -2.16. The molecular weight excluding hydrogens is 406 g/mol. The van der Waals surface area contributed by atoms with Gasteiger partial charge in [0, 0.05) is 23.6 Å². The molecule has 0 bridgehead atoms. The van der Waals surface area contributed by atoms with Gasteiger partial charge in [0.15, 0.2) is 5.82 Å². The maximum absolute atomic E-state index is 12.4. The van der Waals surface area contributed by atoms with Crippen LogP contribution in [0.3, 0.4) is 0 Å². The summed E-state index contributed by atoms with van der Waals surface area (Å²) in [5.74, 6) is 0.700. The van der Waals surface area contributed by atoms with E-state index in [4.69, 9.17) is 11.6 Å². The van der Waals surface area contributed by atoms with Gasteiger partial charge in [0.05, 0.1) is 10.8 Å². The van der Waals surface area contributed by atoms with Crippen LogP contribution in [0.4, 0.5) is 5.69 Å². The van der Waals surface area contributed by atoms with E-state index in [0.29, 0.717) is 16.0 Å². The summed E-state index contributed by atoms with van der Waals surface area (Å²) in [5, 5.41) is 12.7. The van der Waals surface area contributed by atoms with Crippen molar-refractivity contribution in [3.05, 3.63) is 83.6 Å². The van der Waals surface area contributed by atoms with Gasteiger partial charge in [0.2, 0.25) is 11.1 Å². The zero-order chi connectivity index (χ0) is 20.2. The minimum Gasteiger partial charge on any atom is -0.325 e. The van der Waals surface area contributed by atoms with Crippen molar-refractivity contribution in [3.8, 4) is 11.4 Å². The molecular formula is C21H18ClN5OS. The minimum absolute atomic E-state index is 0.109. The first kappa shape index (κ1) is 19.3. The molecule has 1 N–H and O–H groups in total. The number of hydrogen-bond donors (Lipinski definition) is 1. The van der Waals surface area contributed by atoms with E-state index >= 15 is 0 Å². The summed E-state index contributed by atoms with van der Waals surface area (Å²) in [6.45, 7) is 1.99. The van der Waals surface area contributed by atoms with Gasteiger partial charge in [-0.3, -0.25) is 9.47 Å². The number of benzene rings is 2. The molecule has 0 aliphatic carbocycles. The monoisotopic (exact) mass is 423 g/mol. The standard InChI is InChI=1S/C21H18ClN5OS/c1-15-7-6-8-16(13-15)23-19(28)14-29-21-25-24-20(17-9-2-3-10-18(17)22)27(21)26-11-4-5-12-26/h2-13H,14H2,1H3,(H,23,28). The van der Waals surface area contributed by atoms with E-state index < -0.39 is 0 Å². The summed E-state index contributed by atoms with van der Waals surface area (Å²) in [7, 11) is 0. The molecule has 2 heterocycles. The maximum Gasteiger partial charge on any atom is 0.234 e. The van der Waals surface area contributed by atoms with Gasteiger partial charge in [-0.05, 0) is 48.9 Å². The van der Waals surface area contributed by atoms with Crippen LogP contribution < -0.4 is 5.32 Å². The molecule has 2 aromatic carbocycles. The van der Waals surface area contributed by atoms with Crippen LogP contribution in [0.15, 0.2) is 78.2 Å². The Kier molecular flexibility index (Phi) is 5.69. The lowest BCUT2D eigenvalue weighted by Gasteiger charge is -2.12. The Hall–Kier alpha value is -3.03. The lowest BCUT2D eigenvalue weighted by molar-refractivity contribution is -0.113. The number of carbonyl (C=O) groups is 1. The molecule has 6 nitrogen and oxygen atoms in total. The number of aromatic nitrogens is 4. The Morgan fingerprint density at radius 1 is 1.07 bits per heavy atom. The van der Waals surface area contributed by atoms with Crippen molar-refractivity contribution in [2.24, 2.45) is 0 Å². The van der Waals surface area contributed by atoms with Gasteiger partial charge in [0.25, 0.3) is 0 Å². The average molecular weight is 424 g/mol. The Bertz CT molecular complexity index is 1140. The molecule has 8 heteroatoms. The highest BCUT2D eigenvalue weighted by atomic mass is 35.5. The van der Waals surface area contributed by atoms with Crippen molar-refractivity contribution < 1.29 is 4.79 Å². The Labute approximate surface area is 177 Å². The van der Waals surface area contributed by atoms with Crippen LogP contribution in [0.2, 0.25) is 5.02 Å². The van der Waals surface area contributed by atoms with Crippen LogP contribution >= 0.6 is 23.4 Å². The fourth-order valence-corrected chi connectivity index (χ4v) is 3.84. The van der Waals surface area contributed by atoms with Crippen molar-refractivity contribution in [1.82, 2.24) is 19.5 Å². The third-order valence-electron chi connectivity index (χ3n) is 4.18. The predicted octanol–water partition coefficient (Wildman–Crippen LogP) is 4.75. The molecule has 1 amide bonds. The highest BCUT2D eigenvalue weighted by molar-refractivity contribution is 7.99. The summed E-state index contributed by atoms with van der Waals surface area (Å²) in [6, 6.07) is 19.0. The first-order valence-corrected chi connectivity index (χ1v) is 10.3. The van der Waals surface area contributed by atoms with Crippen LogP contribution in [0, 0.1) is 6.92 Å². The van der Waals surface area contributed by atoms with Crippen LogP contribution in [0.25, 0.3) is 11.4 Å². The van der Waals surface area contributed by atoms with E-state index in [2.05, 4.69) is 15.5 Å². The minimum atomic E-state index is -0.109. The Morgan fingerprint density at radius 3 is 2.62 bits per heavy atom. The quantitative estimate of drug-likeness (QED) is 0.454. The molecule has 4 aromatic rings. The number of aryl methyl sites for hydroxylation is 1. The van der Waals surface area contributed by atoms with E-state index in [-0.39, 0.29) is 11.7 Å². The van der Waals surface area contributed by atoms with Gasteiger partial charge >= 0.3 is 0 Å². The topological polar surface area (TPSA) is 64.7 Å². The molecule has 0 unspecified atom stereocenters. The second kappa shape index (κ2) is 8.55. The van der Waals surface area contributed by atoms with Crippen LogP contribution in [-0.4, -0.2) is 31.2 Å². The zero-order valence-corrected chi connectivity index (χ0v) is 17.2. The SMILES string of the molecule is Cc1cccc(NC(=O)CSc2nnc(-c3ccccc3Cl)n2-n2cccc2)c1. The van der Waals surface area contributed by atoms with E-state index in [9.17, 15) is 4.79 Å². The summed E-state index contributed by atoms with van der Waals surface area (Å²) in [5.41, 5.74) is 2.64. The van der Waals surface area contributed by atoms with E-state index in [0.717, 1.165) is 16.8 Å². The summed E-state index contributed by atoms with van der Waals surface area (Å²) < 4.78 is 3.70. The predicted molar refractivity (Wildman–Crippen MR) is 116 cm³/mol. The molecule has 0 radical (unpaired) electrons. The molecule has 2 aromatic heterocycles. The largest absolute Gasteiger partial charge is 0.325 e. The van der Waals surface area contributed by atoms with Crippen molar-refractivity contribution in [3.63, 3.8) is 0 Å². The maximum atomic E-state index is 12.4. The first-order chi connectivity index (χ1) is 14.1. The second-order valence-electron chi connectivity index (χ2n) is 6.37. The van der Waals surface area contributed by atoms with Gasteiger partial charge < -0.3 is 5.32 Å². The van der Waals surface area contributed by atoms with Gasteiger partial charge in [-0.2, -0.15) is 0 Å². The third kappa shape index (κ3) is 4.36. The fourth-order valence-electron chi connectivity index (χ4n) is 2.88. The molecule has 0 atom stereocenters. The molecule has 0 aliphatic rings. The number of amides is 1. The van der Waals surface area contributed by atoms with Gasteiger partial charge in [-0.1, -0.05) is 47.6 Å². The van der Waals surface area contributed by atoms with Crippen molar-refractivity contribution in [1.29, 1.82) is 0 Å². The van der Waals surface area contributed by atoms with Crippen molar-refractivity contribution in [2.45, 2.75) is 12.1 Å². The summed E-state index contributed by atoms with van der Waals surface area (Å²) in [4.78, 5) is 12.4. The molecule has 29 heavy (non-hydrogen) atoms. The van der Waals surface area contributed by atoms with Crippen molar-refractivity contribution >= 4 is 35.0 Å².